The van der Waals surface area contributed by atoms with Crippen LogP contribution < -0.4 is 10.2 Å². The number of hydrogen-bond acceptors (Lipinski definition) is 5. The van der Waals surface area contributed by atoms with Crippen molar-refractivity contribution in [2.24, 2.45) is 0 Å². The third-order valence-electron chi connectivity index (χ3n) is 6.58. The molecule has 2 heterocycles. The van der Waals surface area contributed by atoms with E-state index in [-0.39, 0.29) is 30.4 Å². The third-order valence-corrected chi connectivity index (χ3v) is 6.58. The average Bonchev–Trinajstić information content (AvgIpc) is 3.03. The van der Waals surface area contributed by atoms with E-state index in [1.807, 2.05) is 60.7 Å². The molecule has 2 atom stereocenters. The minimum Gasteiger partial charge on any atom is -0.481 e. The molecule has 0 unspecified atom stereocenters. The van der Waals surface area contributed by atoms with E-state index >= 15 is 0 Å². The molecule has 0 radical (unpaired) electrons. The quantitative estimate of drug-likeness (QED) is 0.557. The Morgan fingerprint density at radius 1 is 0.943 bits per heavy atom. The van der Waals surface area contributed by atoms with Gasteiger partial charge in [-0.25, -0.2) is 0 Å². The maximum atomic E-state index is 13.8. The summed E-state index contributed by atoms with van der Waals surface area (Å²) < 4.78 is 0. The Hall–Kier alpha value is -4.26. The summed E-state index contributed by atoms with van der Waals surface area (Å²) in [6, 6.07) is 20.3. The first-order valence-corrected chi connectivity index (χ1v) is 11.6. The number of carbonyl (C=O) groups excluding carboxylic acids is 2. The highest BCUT2D eigenvalue weighted by atomic mass is 16.4. The molecule has 0 bridgehead atoms. The second kappa shape index (κ2) is 9.54. The fourth-order valence-corrected chi connectivity index (χ4v) is 5.01. The van der Waals surface area contributed by atoms with Crippen LogP contribution in [0.5, 0.6) is 0 Å². The number of benzene rings is 2. The number of carboxylic acids is 1. The number of hydrogen-bond donors (Lipinski definition) is 2. The zero-order chi connectivity index (χ0) is 24.4. The minimum absolute atomic E-state index is 0.0194. The normalized spacial score (nSPS) is 19.3. The van der Waals surface area contributed by atoms with E-state index in [4.69, 9.17) is 0 Å². The van der Waals surface area contributed by atoms with Gasteiger partial charge in [0.05, 0.1) is 23.8 Å². The van der Waals surface area contributed by atoms with E-state index < -0.39 is 12.0 Å². The lowest BCUT2D eigenvalue weighted by Crippen LogP contribution is -2.38. The molecular formula is C28H25N3O4. The largest absolute Gasteiger partial charge is 0.481 e. The predicted molar refractivity (Wildman–Crippen MR) is 132 cm³/mol. The van der Waals surface area contributed by atoms with Gasteiger partial charge in [-0.2, -0.15) is 0 Å². The molecule has 2 N–H and O–H groups in total. The Morgan fingerprint density at radius 3 is 2.43 bits per heavy atom. The average molecular weight is 468 g/mol. The number of carboxylic acid groups (broad SMARTS) is 1. The van der Waals surface area contributed by atoms with Crippen LogP contribution in [-0.2, 0) is 14.4 Å². The van der Waals surface area contributed by atoms with E-state index in [0.717, 1.165) is 11.3 Å². The number of anilines is 2. The number of nitrogens with zero attached hydrogens (tertiary/aromatic N) is 2. The van der Waals surface area contributed by atoms with Crippen molar-refractivity contribution in [2.45, 2.75) is 37.6 Å². The van der Waals surface area contributed by atoms with Crippen LogP contribution in [0.1, 0.15) is 48.8 Å². The van der Waals surface area contributed by atoms with Crippen LogP contribution in [0.4, 0.5) is 11.4 Å². The van der Waals surface area contributed by atoms with Gasteiger partial charge in [-0.15, -0.1) is 0 Å². The predicted octanol–water partition coefficient (Wildman–Crippen LogP) is 4.85. The molecule has 2 aliphatic rings. The standard InChI is InChI=1S/C28H25N3O4/c32-24-16-20(18-7-2-1-3-8-18)15-22-27(24)28(19-9-6-14-29-17-19)31(25(33)12-13-26(34)35)23-11-5-4-10-21(23)30-22/h1-11,14,17,20,28,30H,12-13,15-16H2,(H,34,35)/t20-,28-/m1/s1. The Bertz CT molecular complexity index is 1300. The number of aliphatic carboxylic acids is 1. The summed E-state index contributed by atoms with van der Waals surface area (Å²) in [4.78, 5) is 44.4. The molecule has 35 heavy (non-hydrogen) atoms. The highest BCUT2D eigenvalue weighted by Crippen LogP contribution is 2.47. The van der Waals surface area contributed by atoms with Crippen molar-refractivity contribution < 1.29 is 19.5 Å². The number of aromatic nitrogens is 1. The topological polar surface area (TPSA) is 99.6 Å². The first kappa shape index (κ1) is 22.5. The highest BCUT2D eigenvalue weighted by molar-refractivity contribution is 6.06. The number of para-hydroxylation sites is 2. The lowest BCUT2D eigenvalue weighted by molar-refractivity contribution is -0.138. The van der Waals surface area contributed by atoms with Crippen LogP contribution in [0, 0.1) is 0 Å². The molecule has 7 heteroatoms. The van der Waals surface area contributed by atoms with E-state index in [2.05, 4.69) is 10.3 Å². The highest BCUT2D eigenvalue weighted by Gasteiger charge is 2.41. The van der Waals surface area contributed by atoms with Gasteiger partial charge < -0.3 is 10.4 Å². The molecule has 1 amide bonds. The van der Waals surface area contributed by atoms with Gasteiger partial charge >= 0.3 is 5.97 Å². The van der Waals surface area contributed by atoms with Gasteiger partial charge in [0.25, 0.3) is 0 Å². The summed E-state index contributed by atoms with van der Waals surface area (Å²) in [5, 5.41) is 12.7. The van der Waals surface area contributed by atoms with Gasteiger partial charge in [0.1, 0.15) is 0 Å². The lowest BCUT2D eigenvalue weighted by Gasteiger charge is -2.35. The monoisotopic (exact) mass is 467 g/mol. The van der Waals surface area contributed by atoms with Crippen molar-refractivity contribution in [1.82, 2.24) is 4.98 Å². The number of nitrogens with one attached hydrogen (secondary N) is 1. The smallest absolute Gasteiger partial charge is 0.303 e. The van der Waals surface area contributed by atoms with Crippen LogP contribution in [0.25, 0.3) is 0 Å². The maximum Gasteiger partial charge on any atom is 0.303 e. The van der Waals surface area contributed by atoms with Crippen LogP contribution >= 0.6 is 0 Å². The third kappa shape index (κ3) is 4.45. The van der Waals surface area contributed by atoms with Crippen LogP contribution in [0.15, 0.2) is 90.4 Å². The Kier molecular flexibility index (Phi) is 6.14. The molecule has 0 fully saturated rings. The molecule has 0 saturated carbocycles. The molecule has 176 valence electrons. The van der Waals surface area contributed by atoms with Crippen LogP contribution in [-0.4, -0.2) is 27.8 Å². The fourth-order valence-electron chi connectivity index (χ4n) is 5.01. The van der Waals surface area contributed by atoms with Gasteiger partial charge in [0.2, 0.25) is 5.91 Å². The molecule has 7 nitrogen and oxygen atoms in total. The number of amides is 1. The molecule has 1 aromatic heterocycles. The van der Waals surface area contributed by atoms with Gasteiger partial charge in [-0.1, -0.05) is 48.5 Å². The summed E-state index contributed by atoms with van der Waals surface area (Å²) >= 11 is 0. The number of ketones is 1. The van der Waals surface area contributed by atoms with Crippen LogP contribution in [0.3, 0.4) is 0 Å². The Balaban J connectivity index is 1.67. The van der Waals surface area contributed by atoms with Gasteiger partial charge in [0, 0.05) is 36.5 Å². The van der Waals surface area contributed by atoms with Crippen molar-refractivity contribution >= 4 is 29.0 Å². The van der Waals surface area contributed by atoms with Crippen LogP contribution in [0.2, 0.25) is 0 Å². The molecule has 1 aliphatic carbocycles. The summed E-state index contributed by atoms with van der Waals surface area (Å²) in [6.07, 6.45) is 3.79. The lowest BCUT2D eigenvalue weighted by atomic mass is 9.78. The molecule has 5 rings (SSSR count). The van der Waals surface area contributed by atoms with Crippen molar-refractivity contribution in [3.63, 3.8) is 0 Å². The van der Waals surface area contributed by atoms with E-state index in [0.29, 0.717) is 35.4 Å². The van der Waals surface area contributed by atoms with Crippen molar-refractivity contribution in [3.8, 4) is 0 Å². The van der Waals surface area contributed by atoms with E-state index in [9.17, 15) is 19.5 Å². The van der Waals surface area contributed by atoms with Gasteiger partial charge in [0.15, 0.2) is 5.78 Å². The second-order valence-electron chi connectivity index (χ2n) is 8.82. The summed E-state index contributed by atoms with van der Waals surface area (Å²) in [6.45, 7) is 0. The van der Waals surface area contributed by atoms with Crippen molar-refractivity contribution in [3.05, 3.63) is 102 Å². The van der Waals surface area contributed by atoms with Gasteiger partial charge in [-0.3, -0.25) is 24.3 Å². The molecule has 3 aromatic rings. The molecule has 0 saturated heterocycles. The second-order valence-corrected chi connectivity index (χ2v) is 8.82. The SMILES string of the molecule is O=C(O)CCC(=O)N1c2ccccc2NC2=C(C(=O)C[C@H](c3ccccc3)C2)[C@H]1c1cccnc1. The number of allylic oxidation sites excluding steroid dienone is 1. The molecular weight excluding hydrogens is 442 g/mol. The number of rotatable bonds is 5. The van der Waals surface area contributed by atoms with E-state index in [1.165, 1.54) is 0 Å². The molecule has 2 aromatic carbocycles. The molecule has 0 spiro atoms. The van der Waals surface area contributed by atoms with E-state index in [1.54, 1.807) is 23.4 Å². The number of carbonyl (C=O) groups is 3. The molecule has 1 aliphatic heterocycles. The number of fused-ring (bicyclic) bond motifs is 1. The van der Waals surface area contributed by atoms with Crippen molar-refractivity contribution in [2.75, 3.05) is 10.2 Å². The summed E-state index contributed by atoms with van der Waals surface area (Å²) in [5.74, 6) is -1.42. The Labute approximate surface area is 203 Å². The first-order chi connectivity index (χ1) is 17.0. The number of pyridine rings is 1. The Morgan fingerprint density at radius 2 is 1.69 bits per heavy atom. The zero-order valence-electron chi connectivity index (χ0n) is 19.1. The van der Waals surface area contributed by atoms with Gasteiger partial charge in [-0.05, 0) is 41.7 Å². The van der Waals surface area contributed by atoms with Crippen molar-refractivity contribution in [1.29, 1.82) is 0 Å². The minimum atomic E-state index is -1.04. The summed E-state index contributed by atoms with van der Waals surface area (Å²) in [7, 11) is 0. The first-order valence-electron chi connectivity index (χ1n) is 11.6. The number of Topliss-reactive ketones (excluding diaryl/α,β-unsaturated/α-hetero) is 1. The fraction of sp³-hybridized carbons (Fsp3) is 0.214. The maximum absolute atomic E-state index is 13.8. The zero-order valence-corrected chi connectivity index (χ0v) is 19.1. The summed E-state index contributed by atoms with van der Waals surface area (Å²) in [5.41, 5.74) is 4.43.